The molecule has 1 aromatic heterocycles. The lowest BCUT2D eigenvalue weighted by Crippen LogP contribution is -2.37. The lowest BCUT2D eigenvalue weighted by Gasteiger charge is -2.03. The van der Waals surface area contributed by atoms with Crippen molar-refractivity contribution in [3.63, 3.8) is 0 Å². The molecule has 0 radical (unpaired) electrons. The fourth-order valence-electron chi connectivity index (χ4n) is 0.887. The Kier molecular flexibility index (Phi) is 4.70. The predicted molar refractivity (Wildman–Crippen MR) is 54.3 cm³/mol. The summed E-state index contributed by atoms with van der Waals surface area (Å²) in [6, 6.07) is 3.48. The molecule has 1 rings (SSSR count). The summed E-state index contributed by atoms with van der Waals surface area (Å²) in [5, 5.41) is 4.92. The average molecular weight is 231 g/mol. The molecule has 5 nitrogen and oxygen atoms in total. The van der Waals surface area contributed by atoms with Gasteiger partial charge in [0.2, 0.25) is 11.8 Å². The lowest BCUT2D eigenvalue weighted by molar-refractivity contribution is -0.125. The van der Waals surface area contributed by atoms with E-state index in [1.807, 2.05) is 0 Å². The fourth-order valence-corrected chi connectivity index (χ4v) is 0.982. The standard InChI is InChI=1S/C9H11ClN2O3/c10-4-8(13)12-6-9(14)11-5-7-2-1-3-15-7/h1-3H,4-6H2,(H,11,14)(H,12,13). The molecule has 0 bridgehead atoms. The number of hydrogen-bond donors (Lipinski definition) is 2. The first-order valence-corrected chi connectivity index (χ1v) is 4.87. The molecular weight excluding hydrogens is 220 g/mol. The van der Waals surface area contributed by atoms with Crippen molar-refractivity contribution >= 4 is 23.4 Å². The van der Waals surface area contributed by atoms with Gasteiger partial charge in [0.05, 0.1) is 19.4 Å². The monoisotopic (exact) mass is 230 g/mol. The van der Waals surface area contributed by atoms with Gasteiger partial charge in [0, 0.05) is 0 Å². The van der Waals surface area contributed by atoms with Gasteiger partial charge in [-0.3, -0.25) is 9.59 Å². The van der Waals surface area contributed by atoms with E-state index in [9.17, 15) is 9.59 Å². The maximum Gasteiger partial charge on any atom is 0.239 e. The van der Waals surface area contributed by atoms with Gasteiger partial charge < -0.3 is 15.1 Å². The largest absolute Gasteiger partial charge is 0.467 e. The van der Waals surface area contributed by atoms with Crippen LogP contribution in [0.5, 0.6) is 0 Å². The molecule has 15 heavy (non-hydrogen) atoms. The van der Waals surface area contributed by atoms with Crippen molar-refractivity contribution in [1.29, 1.82) is 0 Å². The Hall–Kier alpha value is -1.49. The van der Waals surface area contributed by atoms with Crippen molar-refractivity contribution in [2.45, 2.75) is 6.54 Å². The van der Waals surface area contributed by atoms with Gasteiger partial charge in [0.15, 0.2) is 0 Å². The van der Waals surface area contributed by atoms with Gasteiger partial charge in [-0.15, -0.1) is 11.6 Å². The zero-order valence-electron chi connectivity index (χ0n) is 7.96. The second-order valence-electron chi connectivity index (χ2n) is 2.77. The zero-order valence-corrected chi connectivity index (χ0v) is 8.71. The molecule has 2 amide bonds. The van der Waals surface area contributed by atoms with Gasteiger partial charge >= 0.3 is 0 Å². The van der Waals surface area contributed by atoms with E-state index in [1.54, 1.807) is 12.1 Å². The number of rotatable bonds is 5. The topological polar surface area (TPSA) is 71.3 Å². The van der Waals surface area contributed by atoms with Gasteiger partial charge in [-0.1, -0.05) is 0 Å². The van der Waals surface area contributed by atoms with Crippen LogP contribution in [0.1, 0.15) is 5.76 Å². The Balaban J connectivity index is 2.16. The molecule has 0 aromatic carbocycles. The fraction of sp³-hybridized carbons (Fsp3) is 0.333. The van der Waals surface area contributed by atoms with E-state index in [2.05, 4.69) is 10.6 Å². The highest BCUT2D eigenvalue weighted by Crippen LogP contribution is 1.97. The van der Waals surface area contributed by atoms with Crippen molar-refractivity contribution in [3.05, 3.63) is 24.2 Å². The molecule has 2 N–H and O–H groups in total. The molecule has 0 saturated heterocycles. The van der Waals surface area contributed by atoms with Crippen molar-refractivity contribution in [3.8, 4) is 0 Å². The normalized spacial score (nSPS) is 9.67. The number of carbonyl (C=O) groups excluding carboxylic acids is 2. The average Bonchev–Trinajstić information content (AvgIpc) is 2.75. The third-order valence-corrected chi connectivity index (χ3v) is 1.85. The quantitative estimate of drug-likeness (QED) is 0.713. The van der Waals surface area contributed by atoms with Gasteiger partial charge in [-0.2, -0.15) is 0 Å². The maximum atomic E-state index is 11.1. The van der Waals surface area contributed by atoms with Crippen molar-refractivity contribution in [2.24, 2.45) is 0 Å². The Morgan fingerprint density at radius 2 is 2.13 bits per heavy atom. The predicted octanol–water partition coefficient (Wildman–Crippen LogP) is 0.251. The van der Waals surface area contributed by atoms with Gasteiger partial charge in [0.1, 0.15) is 11.6 Å². The van der Waals surface area contributed by atoms with E-state index >= 15 is 0 Å². The van der Waals surface area contributed by atoms with Crippen LogP contribution in [-0.2, 0) is 16.1 Å². The minimum absolute atomic E-state index is 0.0771. The number of furan rings is 1. The van der Waals surface area contributed by atoms with Crippen LogP contribution in [0.15, 0.2) is 22.8 Å². The Labute approximate surface area is 91.8 Å². The van der Waals surface area contributed by atoms with E-state index < -0.39 is 0 Å². The molecule has 0 unspecified atom stereocenters. The molecule has 0 aliphatic carbocycles. The molecule has 0 aliphatic heterocycles. The Morgan fingerprint density at radius 1 is 1.33 bits per heavy atom. The summed E-state index contributed by atoms with van der Waals surface area (Å²) in [5.41, 5.74) is 0. The number of amides is 2. The molecule has 0 aliphatic rings. The summed E-state index contributed by atoms with van der Waals surface area (Å²) >= 11 is 5.23. The summed E-state index contributed by atoms with van der Waals surface area (Å²) in [4.78, 5) is 21.9. The highest BCUT2D eigenvalue weighted by atomic mass is 35.5. The molecule has 82 valence electrons. The molecule has 1 heterocycles. The molecule has 0 spiro atoms. The van der Waals surface area contributed by atoms with Crippen LogP contribution >= 0.6 is 11.6 Å². The van der Waals surface area contributed by atoms with Crippen LogP contribution in [0.3, 0.4) is 0 Å². The molecule has 6 heteroatoms. The first kappa shape index (κ1) is 11.6. The van der Waals surface area contributed by atoms with Crippen LogP contribution in [-0.4, -0.2) is 24.2 Å². The van der Waals surface area contributed by atoms with Crippen LogP contribution in [0, 0.1) is 0 Å². The van der Waals surface area contributed by atoms with Gasteiger partial charge in [-0.05, 0) is 12.1 Å². The number of carbonyl (C=O) groups is 2. The third-order valence-electron chi connectivity index (χ3n) is 1.61. The lowest BCUT2D eigenvalue weighted by atomic mass is 10.4. The van der Waals surface area contributed by atoms with E-state index in [-0.39, 0.29) is 24.2 Å². The summed E-state index contributed by atoms with van der Waals surface area (Å²) in [5.74, 6) is -0.146. The summed E-state index contributed by atoms with van der Waals surface area (Å²) < 4.78 is 5.01. The highest BCUT2D eigenvalue weighted by molar-refractivity contribution is 6.27. The van der Waals surface area contributed by atoms with Crippen molar-refractivity contribution in [2.75, 3.05) is 12.4 Å². The van der Waals surface area contributed by atoms with E-state index in [4.69, 9.17) is 16.0 Å². The Morgan fingerprint density at radius 3 is 2.73 bits per heavy atom. The molecular formula is C9H11ClN2O3. The summed E-state index contributed by atoms with van der Waals surface area (Å²) in [7, 11) is 0. The number of hydrogen-bond acceptors (Lipinski definition) is 3. The minimum Gasteiger partial charge on any atom is -0.467 e. The number of halogens is 1. The van der Waals surface area contributed by atoms with Crippen molar-refractivity contribution in [1.82, 2.24) is 10.6 Å². The van der Waals surface area contributed by atoms with Crippen LogP contribution in [0.25, 0.3) is 0 Å². The number of alkyl halides is 1. The molecule has 0 fully saturated rings. The van der Waals surface area contributed by atoms with E-state index in [0.29, 0.717) is 12.3 Å². The summed E-state index contributed by atoms with van der Waals surface area (Å²) in [6.45, 7) is 0.231. The SMILES string of the molecule is O=C(CCl)NCC(=O)NCc1ccco1. The molecule has 1 aromatic rings. The third kappa shape index (κ3) is 4.51. The van der Waals surface area contributed by atoms with E-state index in [1.165, 1.54) is 6.26 Å². The minimum atomic E-state index is -0.371. The Bertz CT molecular complexity index is 324. The number of nitrogens with one attached hydrogen (secondary N) is 2. The first-order chi connectivity index (χ1) is 7.22. The van der Waals surface area contributed by atoms with Gasteiger partial charge in [0.25, 0.3) is 0 Å². The van der Waals surface area contributed by atoms with Crippen molar-refractivity contribution < 1.29 is 14.0 Å². The van der Waals surface area contributed by atoms with Gasteiger partial charge in [-0.25, -0.2) is 0 Å². The zero-order chi connectivity index (χ0) is 11.1. The summed E-state index contributed by atoms with van der Waals surface area (Å²) in [6.07, 6.45) is 1.52. The first-order valence-electron chi connectivity index (χ1n) is 4.34. The van der Waals surface area contributed by atoms with Crippen LogP contribution < -0.4 is 10.6 Å². The molecule has 0 saturated carbocycles. The smallest absolute Gasteiger partial charge is 0.239 e. The second kappa shape index (κ2) is 6.08. The highest BCUT2D eigenvalue weighted by Gasteiger charge is 2.04. The van der Waals surface area contributed by atoms with Crippen LogP contribution in [0.4, 0.5) is 0 Å². The maximum absolute atomic E-state index is 11.1. The van der Waals surface area contributed by atoms with Crippen LogP contribution in [0.2, 0.25) is 0 Å². The van der Waals surface area contributed by atoms with E-state index in [0.717, 1.165) is 0 Å². The molecule has 0 atom stereocenters. The second-order valence-corrected chi connectivity index (χ2v) is 3.03.